The molecule has 2 heterocycles. The van der Waals surface area contributed by atoms with E-state index in [1.165, 1.54) is 60.4 Å². The smallest absolute Gasteiger partial charge is 0.0970 e. The molecule has 2 aromatic heterocycles. The SMILES string of the molecule is c1ccc2c(c1)-c1cccc3c(-c4ccc(-n5c6ccccc6c6ncc7ccccc7c65)cc4)ccc-2c13. The van der Waals surface area contributed by atoms with E-state index in [1.54, 1.807) is 0 Å². The van der Waals surface area contributed by atoms with Gasteiger partial charge in [0.1, 0.15) is 0 Å². The number of benzene rings is 6. The Morgan fingerprint density at radius 2 is 1.10 bits per heavy atom. The molecule has 8 aromatic rings. The number of pyridine rings is 1. The molecule has 6 aromatic carbocycles. The lowest BCUT2D eigenvalue weighted by molar-refractivity contribution is 1.18. The van der Waals surface area contributed by atoms with E-state index < -0.39 is 0 Å². The van der Waals surface area contributed by atoms with Gasteiger partial charge in [0.15, 0.2) is 0 Å². The third-order valence-corrected chi connectivity index (χ3v) is 8.38. The maximum absolute atomic E-state index is 4.90. The molecule has 0 bridgehead atoms. The average Bonchev–Trinajstić information content (AvgIpc) is 3.52. The Hall–Kier alpha value is -5.21. The number of para-hydroxylation sites is 1. The summed E-state index contributed by atoms with van der Waals surface area (Å²) in [4.78, 5) is 4.90. The number of hydrogen-bond donors (Lipinski definition) is 0. The van der Waals surface area contributed by atoms with Crippen LogP contribution in [-0.4, -0.2) is 9.55 Å². The van der Waals surface area contributed by atoms with Gasteiger partial charge >= 0.3 is 0 Å². The largest absolute Gasteiger partial charge is 0.307 e. The van der Waals surface area contributed by atoms with Crippen molar-refractivity contribution in [2.45, 2.75) is 0 Å². The molecule has 0 aliphatic heterocycles. The number of hydrogen-bond acceptors (Lipinski definition) is 1. The van der Waals surface area contributed by atoms with Crippen LogP contribution in [0.1, 0.15) is 0 Å². The maximum atomic E-state index is 4.90. The standard InChI is InChI=1S/C37H22N2/c1-2-9-27-24(8-1)22-38-36-33-12-5-6-15-34(33)39(37(27)36)25-18-16-23(17-19-25)26-20-21-32-29-11-4-3-10-28(29)31-14-7-13-30(26)35(31)32/h1-22H. The van der Waals surface area contributed by atoms with Crippen molar-refractivity contribution in [3.63, 3.8) is 0 Å². The molecule has 0 saturated carbocycles. The minimum Gasteiger partial charge on any atom is -0.307 e. The van der Waals surface area contributed by atoms with Crippen LogP contribution in [0.15, 0.2) is 134 Å². The van der Waals surface area contributed by atoms with Gasteiger partial charge in [0, 0.05) is 28.0 Å². The molecule has 2 heteroatoms. The lowest BCUT2D eigenvalue weighted by atomic mass is 9.94. The summed E-state index contributed by atoms with van der Waals surface area (Å²) in [7, 11) is 0. The Bertz CT molecular complexity index is 2240. The van der Waals surface area contributed by atoms with Crippen molar-refractivity contribution >= 4 is 43.5 Å². The quantitative estimate of drug-likeness (QED) is 0.234. The van der Waals surface area contributed by atoms with Gasteiger partial charge in [0.2, 0.25) is 0 Å². The first kappa shape index (κ1) is 20.8. The van der Waals surface area contributed by atoms with E-state index in [0.717, 1.165) is 22.1 Å². The highest BCUT2D eigenvalue weighted by Crippen LogP contribution is 2.49. The number of fused-ring (bicyclic) bond motifs is 8. The van der Waals surface area contributed by atoms with Crippen LogP contribution in [0.2, 0.25) is 0 Å². The summed E-state index contributed by atoms with van der Waals surface area (Å²) in [5.74, 6) is 0. The molecule has 0 N–H and O–H groups in total. The summed E-state index contributed by atoms with van der Waals surface area (Å²) >= 11 is 0. The highest BCUT2D eigenvalue weighted by molar-refractivity contribution is 6.19. The predicted molar refractivity (Wildman–Crippen MR) is 163 cm³/mol. The molecular weight excluding hydrogens is 472 g/mol. The molecule has 180 valence electrons. The van der Waals surface area contributed by atoms with E-state index in [1.807, 2.05) is 6.20 Å². The zero-order valence-corrected chi connectivity index (χ0v) is 21.1. The van der Waals surface area contributed by atoms with Crippen molar-refractivity contribution in [3.05, 3.63) is 134 Å². The van der Waals surface area contributed by atoms with Gasteiger partial charge in [-0.1, -0.05) is 109 Å². The number of nitrogens with zero attached hydrogens (tertiary/aromatic N) is 2. The van der Waals surface area contributed by atoms with E-state index in [2.05, 4.69) is 132 Å². The molecule has 1 aliphatic rings. The van der Waals surface area contributed by atoms with Crippen molar-refractivity contribution in [2.75, 3.05) is 0 Å². The van der Waals surface area contributed by atoms with Gasteiger partial charge in [-0.15, -0.1) is 0 Å². The summed E-state index contributed by atoms with van der Waals surface area (Å²) in [6.45, 7) is 0. The highest BCUT2D eigenvalue weighted by atomic mass is 15.0. The molecule has 0 atom stereocenters. The monoisotopic (exact) mass is 494 g/mol. The van der Waals surface area contributed by atoms with Gasteiger partial charge in [-0.25, -0.2) is 0 Å². The Morgan fingerprint density at radius 3 is 1.95 bits per heavy atom. The molecule has 2 nitrogen and oxygen atoms in total. The van der Waals surface area contributed by atoms with E-state index in [4.69, 9.17) is 4.98 Å². The van der Waals surface area contributed by atoms with Gasteiger partial charge in [0.05, 0.1) is 16.6 Å². The molecule has 39 heavy (non-hydrogen) atoms. The van der Waals surface area contributed by atoms with Crippen LogP contribution in [0.5, 0.6) is 0 Å². The van der Waals surface area contributed by atoms with E-state index in [-0.39, 0.29) is 0 Å². The summed E-state index contributed by atoms with van der Waals surface area (Å²) in [5, 5.41) is 6.21. The third kappa shape index (κ3) is 2.78. The fourth-order valence-electron chi connectivity index (χ4n) is 6.68. The Labute approximate surface area is 225 Å². The average molecular weight is 495 g/mol. The second-order valence-corrected chi connectivity index (χ2v) is 10.4. The van der Waals surface area contributed by atoms with Gasteiger partial charge in [0.25, 0.3) is 0 Å². The van der Waals surface area contributed by atoms with Crippen LogP contribution in [0, 0.1) is 0 Å². The van der Waals surface area contributed by atoms with Crippen LogP contribution in [0.4, 0.5) is 0 Å². The molecule has 0 fully saturated rings. The van der Waals surface area contributed by atoms with Crippen LogP contribution < -0.4 is 0 Å². The van der Waals surface area contributed by atoms with Crippen molar-refractivity contribution in [1.29, 1.82) is 0 Å². The summed E-state index contributed by atoms with van der Waals surface area (Å²) in [6.07, 6.45) is 1.99. The predicted octanol–water partition coefficient (Wildman–Crippen LogP) is 9.80. The fraction of sp³-hybridized carbons (Fsp3) is 0. The van der Waals surface area contributed by atoms with E-state index in [0.29, 0.717) is 0 Å². The van der Waals surface area contributed by atoms with Crippen molar-refractivity contribution < 1.29 is 0 Å². The molecule has 1 aliphatic carbocycles. The van der Waals surface area contributed by atoms with E-state index in [9.17, 15) is 0 Å². The highest BCUT2D eigenvalue weighted by Gasteiger charge is 2.22. The van der Waals surface area contributed by atoms with Crippen molar-refractivity contribution in [3.8, 4) is 39.1 Å². The van der Waals surface area contributed by atoms with Crippen LogP contribution in [0.25, 0.3) is 82.5 Å². The molecule has 0 radical (unpaired) electrons. The lowest BCUT2D eigenvalue weighted by Gasteiger charge is -2.12. The Kier molecular flexibility index (Phi) is 4.08. The topological polar surface area (TPSA) is 17.8 Å². The molecule has 9 rings (SSSR count). The van der Waals surface area contributed by atoms with Gasteiger partial charge in [-0.3, -0.25) is 4.98 Å². The molecule has 0 saturated heterocycles. The van der Waals surface area contributed by atoms with E-state index >= 15 is 0 Å². The first-order valence-electron chi connectivity index (χ1n) is 13.4. The molecule has 0 unspecified atom stereocenters. The van der Waals surface area contributed by atoms with Crippen LogP contribution >= 0.6 is 0 Å². The van der Waals surface area contributed by atoms with Crippen molar-refractivity contribution in [1.82, 2.24) is 9.55 Å². The van der Waals surface area contributed by atoms with Gasteiger partial charge in [-0.2, -0.15) is 0 Å². The van der Waals surface area contributed by atoms with Crippen molar-refractivity contribution in [2.24, 2.45) is 0 Å². The minimum absolute atomic E-state index is 1.04. The van der Waals surface area contributed by atoms with Gasteiger partial charge in [-0.05, 0) is 62.4 Å². The lowest BCUT2D eigenvalue weighted by Crippen LogP contribution is -1.95. The summed E-state index contributed by atoms with van der Waals surface area (Å²) in [6, 6.07) is 46.2. The molecule has 0 amide bonds. The van der Waals surface area contributed by atoms with Crippen LogP contribution in [-0.2, 0) is 0 Å². The zero-order chi connectivity index (χ0) is 25.5. The normalized spacial score (nSPS) is 12.1. The first-order chi connectivity index (χ1) is 19.4. The maximum Gasteiger partial charge on any atom is 0.0970 e. The Morgan fingerprint density at radius 1 is 0.462 bits per heavy atom. The van der Waals surface area contributed by atoms with Crippen LogP contribution in [0.3, 0.4) is 0 Å². The second-order valence-electron chi connectivity index (χ2n) is 10.4. The number of rotatable bonds is 2. The summed E-state index contributed by atoms with van der Waals surface area (Å²) < 4.78 is 2.37. The minimum atomic E-state index is 1.04. The second kappa shape index (κ2) is 7.66. The number of aromatic nitrogens is 2. The fourth-order valence-corrected chi connectivity index (χ4v) is 6.68. The molecular formula is C37H22N2. The van der Waals surface area contributed by atoms with Gasteiger partial charge < -0.3 is 4.57 Å². The third-order valence-electron chi connectivity index (χ3n) is 8.38. The molecule has 0 spiro atoms. The zero-order valence-electron chi connectivity index (χ0n) is 21.1. The summed E-state index contributed by atoms with van der Waals surface area (Å²) in [5.41, 5.74) is 12.3. The first-order valence-corrected chi connectivity index (χ1v) is 13.4. The Balaban J connectivity index is 1.26.